The number of rotatable bonds is 5. The molecule has 4 rings (SSSR count). The number of benzene rings is 2. The van der Waals surface area contributed by atoms with Crippen molar-refractivity contribution < 1.29 is 14.0 Å². The Kier molecular flexibility index (Phi) is 4.57. The van der Waals surface area contributed by atoms with E-state index in [1.807, 2.05) is 30.3 Å². The number of carbonyl (C=O) groups excluding carboxylic acids is 1. The summed E-state index contributed by atoms with van der Waals surface area (Å²) in [7, 11) is 0. The van der Waals surface area contributed by atoms with E-state index in [1.54, 1.807) is 24.3 Å². The zero-order valence-corrected chi connectivity index (χ0v) is 14.8. The molecule has 1 aromatic heterocycles. The Morgan fingerprint density at radius 3 is 2.67 bits per heavy atom. The van der Waals surface area contributed by atoms with E-state index in [0.717, 1.165) is 5.56 Å². The van der Waals surface area contributed by atoms with Crippen molar-refractivity contribution in [1.82, 2.24) is 4.98 Å². The lowest BCUT2D eigenvalue weighted by Crippen LogP contribution is -2.20. The first-order chi connectivity index (χ1) is 13.2. The second-order valence-corrected chi connectivity index (χ2v) is 6.71. The molecule has 2 heterocycles. The van der Waals surface area contributed by atoms with Gasteiger partial charge in [-0.1, -0.05) is 53.8 Å². The average molecular weight is 382 g/mol. The summed E-state index contributed by atoms with van der Waals surface area (Å²) in [6, 6.07) is 15.8. The van der Waals surface area contributed by atoms with Crippen LogP contribution in [0.25, 0.3) is 5.70 Å². The summed E-state index contributed by atoms with van der Waals surface area (Å²) in [6.45, 7) is 0. The highest BCUT2D eigenvalue weighted by Crippen LogP contribution is 2.42. The molecule has 0 spiro atoms. The van der Waals surface area contributed by atoms with Crippen molar-refractivity contribution in [2.45, 2.75) is 6.10 Å². The minimum absolute atomic E-state index is 0.215. The molecule has 0 bridgehead atoms. The summed E-state index contributed by atoms with van der Waals surface area (Å²) >= 11 is 1.20. The Morgan fingerprint density at radius 2 is 1.93 bits per heavy atom. The van der Waals surface area contributed by atoms with Crippen LogP contribution in [0.1, 0.15) is 5.56 Å². The molecule has 2 aromatic carbocycles. The van der Waals surface area contributed by atoms with Crippen LogP contribution >= 0.6 is 11.3 Å². The van der Waals surface area contributed by atoms with Crippen LogP contribution in [0.4, 0.5) is 26.0 Å². The van der Waals surface area contributed by atoms with Crippen LogP contribution < -0.4 is 16.1 Å². The molecule has 3 aromatic rings. The number of halogens is 1. The fourth-order valence-corrected chi connectivity index (χ4v) is 3.54. The van der Waals surface area contributed by atoms with Gasteiger partial charge in [0.2, 0.25) is 0 Å². The van der Waals surface area contributed by atoms with Crippen LogP contribution in [0.5, 0.6) is 0 Å². The lowest BCUT2D eigenvalue weighted by molar-refractivity contribution is -0.114. The number of nitrogens with one attached hydrogen (secondary N) is 1. The molecule has 27 heavy (non-hydrogen) atoms. The maximum absolute atomic E-state index is 13.9. The van der Waals surface area contributed by atoms with E-state index in [9.17, 15) is 9.18 Å². The van der Waals surface area contributed by atoms with Gasteiger partial charge in [0, 0.05) is 5.56 Å². The number of carbonyl (C=O) groups is 1. The van der Waals surface area contributed by atoms with Crippen molar-refractivity contribution in [3.63, 3.8) is 0 Å². The number of aldehydes is 1. The first kappa shape index (κ1) is 17.2. The van der Waals surface area contributed by atoms with Gasteiger partial charge in [-0.3, -0.25) is 9.63 Å². The molecular weight excluding hydrogens is 367 g/mol. The number of aromatic nitrogens is 1. The van der Waals surface area contributed by atoms with Gasteiger partial charge in [0.15, 0.2) is 28.3 Å². The van der Waals surface area contributed by atoms with Gasteiger partial charge in [0.1, 0.15) is 5.82 Å². The molecule has 6 nitrogen and oxygen atoms in total. The van der Waals surface area contributed by atoms with Crippen molar-refractivity contribution in [3.05, 3.63) is 72.1 Å². The molecule has 0 aliphatic carbocycles. The normalized spacial score (nSPS) is 16.3. The summed E-state index contributed by atoms with van der Waals surface area (Å²) < 4.78 is 13.9. The monoisotopic (exact) mass is 382 g/mol. The average Bonchev–Trinajstić information content (AvgIpc) is 3.27. The number of para-hydroxylation sites is 1. The van der Waals surface area contributed by atoms with Gasteiger partial charge < -0.3 is 11.1 Å². The number of thiazole rings is 1. The zero-order chi connectivity index (χ0) is 18.8. The summed E-state index contributed by atoms with van der Waals surface area (Å²) in [4.78, 5) is 21.2. The lowest BCUT2D eigenvalue weighted by atomic mass is 10.1. The number of anilines is 4. The Bertz CT molecular complexity index is 1010. The number of hydroxylamine groups is 1. The molecule has 1 atom stereocenters. The Labute approximate surface area is 158 Å². The largest absolute Gasteiger partial charge is 0.381 e. The summed E-state index contributed by atoms with van der Waals surface area (Å²) in [5.41, 5.74) is 7.93. The van der Waals surface area contributed by atoms with Crippen molar-refractivity contribution in [3.8, 4) is 0 Å². The maximum atomic E-state index is 13.9. The topological polar surface area (TPSA) is 80.5 Å². The van der Waals surface area contributed by atoms with Crippen LogP contribution in [0.3, 0.4) is 0 Å². The maximum Gasteiger partial charge on any atom is 0.191 e. The van der Waals surface area contributed by atoms with Gasteiger partial charge in [-0.25, -0.2) is 14.4 Å². The quantitative estimate of drug-likeness (QED) is 0.650. The van der Waals surface area contributed by atoms with Crippen molar-refractivity contribution in [2.24, 2.45) is 0 Å². The minimum Gasteiger partial charge on any atom is -0.381 e. The van der Waals surface area contributed by atoms with E-state index in [0.29, 0.717) is 27.8 Å². The van der Waals surface area contributed by atoms with E-state index in [1.165, 1.54) is 22.5 Å². The predicted octanol–water partition coefficient (Wildman–Crippen LogP) is 3.97. The molecule has 8 heteroatoms. The SMILES string of the molecule is Nc1nc(Nc2ccccc2F)sc1N1OC(C=O)C=C1c1ccccc1. The van der Waals surface area contributed by atoms with Crippen LogP contribution in [0.2, 0.25) is 0 Å². The van der Waals surface area contributed by atoms with Crippen LogP contribution in [-0.4, -0.2) is 17.4 Å². The van der Waals surface area contributed by atoms with E-state index < -0.39 is 11.9 Å². The molecule has 0 fully saturated rings. The van der Waals surface area contributed by atoms with Crippen LogP contribution in [0.15, 0.2) is 60.7 Å². The number of nitrogen functional groups attached to an aromatic ring is 1. The number of hydrogen-bond donors (Lipinski definition) is 2. The highest BCUT2D eigenvalue weighted by Gasteiger charge is 2.30. The van der Waals surface area contributed by atoms with Crippen molar-refractivity contribution >= 4 is 45.0 Å². The standard InChI is InChI=1S/C19H15FN4O2S/c20-14-8-4-5-9-15(14)22-19-23-17(21)18(27-19)24-16(10-13(11-25)26-24)12-6-2-1-3-7-12/h1-11,13H,21H2,(H,22,23). The molecule has 0 saturated heterocycles. The fourth-order valence-electron chi connectivity index (χ4n) is 2.68. The predicted molar refractivity (Wildman–Crippen MR) is 104 cm³/mol. The molecule has 1 unspecified atom stereocenters. The first-order valence-corrected chi connectivity index (χ1v) is 8.94. The molecule has 1 aliphatic heterocycles. The second kappa shape index (κ2) is 7.18. The van der Waals surface area contributed by atoms with Gasteiger partial charge >= 0.3 is 0 Å². The van der Waals surface area contributed by atoms with E-state index in [-0.39, 0.29) is 5.82 Å². The summed E-state index contributed by atoms with van der Waals surface area (Å²) in [5.74, 6) is -0.177. The van der Waals surface area contributed by atoms with Crippen molar-refractivity contribution in [2.75, 3.05) is 16.1 Å². The molecule has 1 aliphatic rings. The molecular formula is C19H15FN4O2S. The smallest absolute Gasteiger partial charge is 0.191 e. The zero-order valence-electron chi connectivity index (χ0n) is 14.0. The van der Waals surface area contributed by atoms with E-state index in [4.69, 9.17) is 10.6 Å². The Balaban J connectivity index is 1.66. The number of nitrogens with two attached hydrogens (primary N) is 1. The molecule has 136 valence electrons. The lowest BCUT2D eigenvalue weighted by Gasteiger charge is -2.19. The third-order valence-electron chi connectivity index (χ3n) is 3.91. The van der Waals surface area contributed by atoms with Crippen LogP contribution in [0, 0.1) is 5.82 Å². The van der Waals surface area contributed by atoms with Gasteiger partial charge in [-0.05, 0) is 18.2 Å². The van der Waals surface area contributed by atoms with Gasteiger partial charge in [-0.2, -0.15) is 0 Å². The molecule has 0 saturated carbocycles. The van der Waals surface area contributed by atoms with Gasteiger partial charge in [-0.15, -0.1) is 0 Å². The highest BCUT2D eigenvalue weighted by atomic mass is 32.1. The van der Waals surface area contributed by atoms with Crippen molar-refractivity contribution in [1.29, 1.82) is 0 Å². The van der Waals surface area contributed by atoms with E-state index >= 15 is 0 Å². The van der Waals surface area contributed by atoms with Gasteiger partial charge in [0.05, 0.1) is 11.4 Å². The molecule has 0 amide bonds. The summed E-state index contributed by atoms with van der Waals surface area (Å²) in [5, 5.41) is 5.33. The number of nitrogens with zero attached hydrogens (tertiary/aromatic N) is 2. The fraction of sp³-hybridized carbons (Fsp3) is 0.0526. The first-order valence-electron chi connectivity index (χ1n) is 8.13. The Morgan fingerprint density at radius 1 is 1.19 bits per heavy atom. The van der Waals surface area contributed by atoms with Crippen LogP contribution in [-0.2, 0) is 9.63 Å². The summed E-state index contributed by atoms with van der Waals surface area (Å²) in [6.07, 6.45) is 1.70. The van der Waals surface area contributed by atoms with E-state index in [2.05, 4.69) is 10.3 Å². The highest BCUT2D eigenvalue weighted by molar-refractivity contribution is 7.20. The minimum atomic E-state index is -0.718. The van der Waals surface area contributed by atoms with Gasteiger partial charge in [0.25, 0.3) is 0 Å². The third-order valence-corrected chi connectivity index (χ3v) is 4.86. The second-order valence-electron chi connectivity index (χ2n) is 5.73. The third kappa shape index (κ3) is 3.40. The number of hydrogen-bond acceptors (Lipinski definition) is 7. The molecule has 0 radical (unpaired) electrons. The molecule has 3 N–H and O–H groups in total. The Hall–Kier alpha value is -3.23.